The quantitative estimate of drug-likeness (QED) is 0.885. The first-order valence-corrected chi connectivity index (χ1v) is 7.00. The molecule has 2 N–H and O–H groups in total. The average molecular weight is 260 g/mol. The monoisotopic (exact) mass is 260 g/mol. The minimum absolute atomic E-state index is 0.181. The molecule has 0 saturated carbocycles. The molecule has 1 aromatic carbocycles. The lowest BCUT2D eigenvalue weighted by atomic mass is 9.72. The van der Waals surface area contributed by atoms with Gasteiger partial charge in [-0.2, -0.15) is 0 Å². The van der Waals surface area contributed by atoms with Gasteiger partial charge in [-0.15, -0.1) is 0 Å². The smallest absolute Gasteiger partial charge is 0.223 e. The van der Waals surface area contributed by atoms with E-state index in [4.69, 9.17) is 5.73 Å². The SMILES string of the molecule is Cc1ccc(C2(CN)CCCN(C)C(=O)C2)c(C)c1. The highest BCUT2D eigenvalue weighted by atomic mass is 16.2. The number of carbonyl (C=O) groups excluding carboxylic acids is 1. The summed E-state index contributed by atoms with van der Waals surface area (Å²) in [6.07, 6.45) is 2.54. The number of aryl methyl sites for hydroxylation is 2. The molecule has 2 rings (SSSR count). The largest absolute Gasteiger partial charge is 0.346 e. The fraction of sp³-hybridized carbons (Fsp3) is 0.562. The van der Waals surface area contributed by atoms with Gasteiger partial charge in [-0.05, 0) is 37.8 Å². The fourth-order valence-electron chi connectivity index (χ4n) is 3.21. The minimum atomic E-state index is -0.181. The Hall–Kier alpha value is -1.35. The first kappa shape index (κ1) is 14.1. The highest BCUT2D eigenvalue weighted by Gasteiger charge is 2.37. The van der Waals surface area contributed by atoms with Crippen molar-refractivity contribution in [2.75, 3.05) is 20.1 Å². The number of rotatable bonds is 2. The van der Waals surface area contributed by atoms with E-state index in [-0.39, 0.29) is 11.3 Å². The molecular weight excluding hydrogens is 236 g/mol. The van der Waals surface area contributed by atoms with Crippen molar-refractivity contribution < 1.29 is 4.79 Å². The minimum Gasteiger partial charge on any atom is -0.346 e. The average Bonchev–Trinajstić information content (AvgIpc) is 2.50. The number of nitrogens with two attached hydrogens (primary N) is 1. The van der Waals surface area contributed by atoms with E-state index in [2.05, 4.69) is 32.0 Å². The maximum atomic E-state index is 12.2. The van der Waals surface area contributed by atoms with Gasteiger partial charge in [-0.25, -0.2) is 0 Å². The van der Waals surface area contributed by atoms with Crippen LogP contribution in [-0.2, 0) is 10.2 Å². The second-order valence-corrected chi connectivity index (χ2v) is 5.90. The van der Waals surface area contributed by atoms with Crippen LogP contribution in [0.5, 0.6) is 0 Å². The number of amides is 1. The first-order chi connectivity index (χ1) is 8.98. The summed E-state index contributed by atoms with van der Waals surface area (Å²) in [6.45, 7) is 5.60. The van der Waals surface area contributed by atoms with Crippen LogP contribution < -0.4 is 5.73 Å². The predicted octanol–water partition coefficient (Wildman–Crippen LogP) is 2.14. The summed E-state index contributed by atoms with van der Waals surface area (Å²) in [5.74, 6) is 0.211. The van der Waals surface area contributed by atoms with Gasteiger partial charge in [0.05, 0.1) is 0 Å². The zero-order valence-corrected chi connectivity index (χ0v) is 12.2. The number of likely N-dealkylation sites (tertiary alicyclic amines) is 1. The molecule has 19 heavy (non-hydrogen) atoms. The zero-order chi connectivity index (χ0) is 14.0. The van der Waals surface area contributed by atoms with E-state index >= 15 is 0 Å². The van der Waals surface area contributed by atoms with Gasteiger partial charge in [0.15, 0.2) is 0 Å². The second-order valence-electron chi connectivity index (χ2n) is 5.90. The number of hydrogen-bond donors (Lipinski definition) is 1. The molecule has 3 heteroatoms. The van der Waals surface area contributed by atoms with Gasteiger partial charge < -0.3 is 10.6 Å². The van der Waals surface area contributed by atoms with Gasteiger partial charge in [0.25, 0.3) is 0 Å². The molecule has 0 aromatic heterocycles. The summed E-state index contributed by atoms with van der Waals surface area (Å²) < 4.78 is 0. The van der Waals surface area contributed by atoms with Crippen LogP contribution in [0.1, 0.15) is 36.0 Å². The van der Waals surface area contributed by atoms with E-state index in [1.165, 1.54) is 16.7 Å². The topological polar surface area (TPSA) is 46.3 Å². The zero-order valence-electron chi connectivity index (χ0n) is 12.2. The summed E-state index contributed by atoms with van der Waals surface area (Å²) >= 11 is 0. The van der Waals surface area contributed by atoms with Crippen LogP contribution in [0.3, 0.4) is 0 Å². The molecule has 1 aromatic rings. The molecule has 1 amide bonds. The van der Waals surface area contributed by atoms with E-state index in [0.29, 0.717) is 13.0 Å². The van der Waals surface area contributed by atoms with Crippen LogP contribution in [0, 0.1) is 13.8 Å². The Labute approximate surface area is 115 Å². The Morgan fingerprint density at radius 2 is 2.11 bits per heavy atom. The van der Waals surface area contributed by atoms with E-state index in [9.17, 15) is 4.79 Å². The lowest BCUT2D eigenvalue weighted by molar-refractivity contribution is -0.130. The van der Waals surface area contributed by atoms with Crippen molar-refractivity contribution >= 4 is 5.91 Å². The molecule has 0 spiro atoms. The Morgan fingerprint density at radius 1 is 1.37 bits per heavy atom. The molecule has 0 aliphatic carbocycles. The van der Waals surface area contributed by atoms with Gasteiger partial charge in [0.2, 0.25) is 5.91 Å². The van der Waals surface area contributed by atoms with Crippen molar-refractivity contribution in [2.45, 2.75) is 38.5 Å². The number of hydrogen-bond acceptors (Lipinski definition) is 2. The molecule has 0 radical (unpaired) electrons. The molecule has 1 atom stereocenters. The molecule has 3 nitrogen and oxygen atoms in total. The van der Waals surface area contributed by atoms with Crippen molar-refractivity contribution in [3.8, 4) is 0 Å². The Balaban J connectivity index is 2.44. The van der Waals surface area contributed by atoms with Crippen LogP contribution in [0.15, 0.2) is 18.2 Å². The highest BCUT2D eigenvalue weighted by molar-refractivity contribution is 5.78. The maximum absolute atomic E-state index is 12.2. The Morgan fingerprint density at radius 3 is 2.74 bits per heavy atom. The molecule has 1 fully saturated rings. The summed E-state index contributed by atoms with van der Waals surface area (Å²) in [7, 11) is 1.89. The Bertz CT molecular complexity index is 484. The highest BCUT2D eigenvalue weighted by Crippen LogP contribution is 2.36. The normalized spacial score (nSPS) is 24.4. The molecule has 1 unspecified atom stereocenters. The number of benzene rings is 1. The van der Waals surface area contributed by atoms with Crippen LogP contribution >= 0.6 is 0 Å². The van der Waals surface area contributed by atoms with Crippen molar-refractivity contribution in [1.82, 2.24) is 4.90 Å². The van der Waals surface area contributed by atoms with Crippen LogP contribution in [-0.4, -0.2) is 30.9 Å². The van der Waals surface area contributed by atoms with Gasteiger partial charge in [-0.1, -0.05) is 23.8 Å². The molecule has 1 heterocycles. The third kappa shape index (κ3) is 2.66. The third-order valence-electron chi connectivity index (χ3n) is 4.41. The molecule has 104 valence electrons. The van der Waals surface area contributed by atoms with Crippen molar-refractivity contribution in [2.24, 2.45) is 5.73 Å². The molecule has 0 bridgehead atoms. The van der Waals surface area contributed by atoms with Crippen LogP contribution in [0.25, 0.3) is 0 Å². The predicted molar refractivity (Wildman–Crippen MR) is 78.1 cm³/mol. The van der Waals surface area contributed by atoms with E-state index in [1.807, 2.05) is 11.9 Å². The summed E-state index contributed by atoms with van der Waals surface area (Å²) in [4.78, 5) is 14.0. The van der Waals surface area contributed by atoms with Gasteiger partial charge in [0.1, 0.15) is 0 Å². The molecule has 1 aliphatic heterocycles. The lowest BCUT2D eigenvalue weighted by Gasteiger charge is -2.32. The van der Waals surface area contributed by atoms with E-state index < -0.39 is 0 Å². The van der Waals surface area contributed by atoms with E-state index in [1.54, 1.807) is 0 Å². The van der Waals surface area contributed by atoms with Crippen molar-refractivity contribution in [3.63, 3.8) is 0 Å². The Kier molecular flexibility index (Phi) is 3.95. The van der Waals surface area contributed by atoms with Crippen LogP contribution in [0.2, 0.25) is 0 Å². The fourth-order valence-corrected chi connectivity index (χ4v) is 3.21. The third-order valence-corrected chi connectivity index (χ3v) is 4.41. The standard InChI is InChI=1S/C16H24N2O/c1-12-5-6-14(13(2)9-12)16(11-17)7-4-8-18(3)15(19)10-16/h5-6,9H,4,7-8,10-11,17H2,1-3H3. The summed E-state index contributed by atoms with van der Waals surface area (Å²) in [5, 5.41) is 0. The second kappa shape index (κ2) is 5.33. The number of nitrogens with zero attached hydrogens (tertiary/aromatic N) is 1. The number of carbonyl (C=O) groups is 1. The van der Waals surface area contributed by atoms with Crippen molar-refractivity contribution in [1.29, 1.82) is 0 Å². The van der Waals surface area contributed by atoms with Gasteiger partial charge >= 0.3 is 0 Å². The van der Waals surface area contributed by atoms with Gasteiger partial charge in [0, 0.05) is 32.0 Å². The summed E-state index contributed by atoms with van der Waals surface area (Å²) in [5.41, 5.74) is 9.66. The molecule has 1 saturated heterocycles. The first-order valence-electron chi connectivity index (χ1n) is 7.00. The molecular formula is C16H24N2O. The van der Waals surface area contributed by atoms with Crippen LogP contribution in [0.4, 0.5) is 0 Å². The molecule has 1 aliphatic rings. The summed E-state index contributed by atoms with van der Waals surface area (Å²) in [6, 6.07) is 6.47. The maximum Gasteiger partial charge on any atom is 0.223 e. The van der Waals surface area contributed by atoms with E-state index in [0.717, 1.165) is 19.4 Å². The van der Waals surface area contributed by atoms with Gasteiger partial charge in [-0.3, -0.25) is 4.79 Å². The lowest BCUT2D eigenvalue weighted by Crippen LogP contribution is -2.39. The van der Waals surface area contributed by atoms with Crippen molar-refractivity contribution in [3.05, 3.63) is 34.9 Å².